The largest absolute Gasteiger partial charge is 0.416 e. The highest BCUT2D eigenvalue weighted by atomic mass is 19.4. The fourth-order valence-electron chi connectivity index (χ4n) is 3.96. The van der Waals surface area contributed by atoms with E-state index in [1.165, 1.54) is 0 Å². The van der Waals surface area contributed by atoms with Crippen LogP contribution in [0.5, 0.6) is 0 Å². The number of H-pyrrole nitrogens is 1. The Hall–Kier alpha value is -5.13. The normalized spacial score (nSPS) is 11.9. The topological polar surface area (TPSA) is 86.9 Å². The second-order valence-corrected chi connectivity index (χ2v) is 8.95. The number of halogens is 6. The molecule has 41 heavy (non-hydrogen) atoms. The molecule has 0 aliphatic rings. The van der Waals surface area contributed by atoms with Crippen LogP contribution in [-0.2, 0) is 12.4 Å². The van der Waals surface area contributed by atoms with Crippen LogP contribution in [0.2, 0.25) is 0 Å². The quantitative estimate of drug-likeness (QED) is 0.189. The number of nitrogens with one attached hydrogen (secondary N) is 3. The van der Waals surface area contributed by atoms with Crippen molar-refractivity contribution in [1.82, 2.24) is 9.97 Å². The van der Waals surface area contributed by atoms with Gasteiger partial charge in [-0.2, -0.15) is 26.3 Å². The first-order chi connectivity index (χ1) is 19.4. The van der Waals surface area contributed by atoms with Gasteiger partial charge in [-0.25, -0.2) is 4.98 Å². The molecule has 1 aromatic heterocycles. The average molecular weight is 568 g/mol. The zero-order valence-electron chi connectivity index (χ0n) is 20.7. The predicted octanol–water partition coefficient (Wildman–Crippen LogP) is 7.77. The number of aromatic amines is 1. The van der Waals surface area contributed by atoms with Crippen molar-refractivity contribution < 1.29 is 35.9 Å². The lowest BCUT2D eigenvalue weighted by Crippen LogP contribution is -2.12. The molecule has 12 heteroatoms. The van der Waals surface area contributed by atoms with Crippen LogP contribution < -0.4 is 10.6 Å². The van der Waals surface area contributed by atoms with E-state index in [2.05, 4.69) is 20.6 Å². The predicted molar refractivity (Wildman–Crippen MR) is 140 cm³/mol. The second-order valence-electron chi connectivity index (χ2n) is 8.95. The number of aromatic nitrogens is 2. The molecule has 0 saturated carbocycles. The van der Waals surface area contributed by atoms with Gasteiger partial charge in [0.15, 0.2) is 0 Å². The zero-order chi connectivity index (χ0) is 29.4. The van der Waals surface area contributed by atoms with Crippen molar-refractivity contribution in [3.05, 3.63) is 113 Å². The van der Waals surface area contributed by atoms with Crippen molar-refractivity contribution in [2.45, 2.75) is 12.4 Å². The fraction of sp³-hybridized carbons (Fsp3) is 0.0690. The third-order valence-corrected chi connectivity index (χ3v) is 6.10. The van der Waals surface area contributed by atoms with E-state index in [0.717, 1.165) is 48.5 Å². The van der Waals surface area contributed by atoms with Crippen LogP contribution in [0, 0.1) is 0 Å². The van der Waals surface area contributed by atoms with Gasteiger partial charge in [-0.15, -0.1) is 0 Å². The molecule has 0 atom stereocenters. The third-order valence-electron chi connectivity index (χ3n) is 6.10. The summed E-state index contributed by atoms with van der Waals surface area (Å²) in [7, 11) is 0. The summed E-state index contributed by atoms with van der Waals surface area (Å²) in [5, 5.41) is 5.27. The zero-order valence-corrected chi connectivity index (χ0v) is 20.7. The van der Waals surface area contributed by atoms with Gasteiger partial charge in [-0.1, -0.05) is 0 Å². The molecule has 0 fully saturated rings. The van der Waals surface area contributed by atoms with E-state index in [4.69, 9.17) is 0 Å². The molecule has 0 radical (unpaired) electrons. The van der Waals surface area contributed by atoms with Crippen LogP contribution in [-0.4, -0.2) is 21.8 Å². The summed E-state index contributed by atoms with van der Waals surface area (Å²) in [5.74, 6) is -0.653. The molecule has 0 bridgehead atoms. The standard InChI is InChI=1S/C29H18F6N4O2/c30-28(31,32)19-7-1-17(2-8-19)26(40)36-21-11-5-16(6-12-21)25-38-23-14-13-22(15-24(23)39-25)37-27(41)18-3-9-20(10-4-18)29(33,34)35/h1-15H,(H,36,40)(H,37,41)(H,38,39). The van der Waals surface area contributed by atoms with Crippen molar-refractivity contribution in [3.63, 3.8) is 0 Å². The smallest absolute Gasteiger partial charge is 0.338 e. The minimum atomic E-state index is -4.50. The Kier molecular flexibility index (Phi) is 6.99. The van der Waals surface area contributed by atoms with Crippen molar-refractivity contribution in [3.8, 4) is 11.4 Å². The van der Waals surface area contributed by atoms with E-state index in [9.17, 15) is 35.9 Å². The van der Waals surface area contributed by atoms with Crippen molar-refractivity contribution in [2.75, 3.05) is 10.6 Å². The van der Waals surface area contributed by atoms with Gasteiger partial charge in [-0.05, 0) is 91.0 Å². The van der Waals surface area contributed by atoms with E-state index < -0.39 is 35.3 Å². The molecule has 5 rings (SSSR count). The molecule has 3 N–H and O–H groups in total. The van der Waals surface area contributed by atoms with E-state index in [1.807, 2.05) is 0 Å². The summed E-state index contributed by atoms with van der Waals surface area (Å²) in [5.41, 5.74) is 1.10. The van der Waals surface area contributed by atoms with E-state index >= 15 is 0 Å². The van der Waals surface area contributed by atoms with E-state index in [-0.39, 0.29) is 11.1 Å². The molecular formula is C29H18F6N4O2. The molecule has 4 aromatic carbocycles. The minimum Gasteiger partial charge on any atom is -0.338 e. The number of alkyl halides is 6. The summed E-state index contributed by atoms with van der Waals surface area (Å²) in [6.07, 6.45) is -8.99. The van der Waals surface area contributed by atoms with Gasteiger partial charge < -0.3 is 15.6 Å². The van der Waals surface area contributed by atoms with Crippen molar-refractivity contribution in [1.29, 1.82) is 0 Å². The molecule has 5 aromatic rings. The van der Waals surface area contributed by atoms with Gasteiger partial charge in [0.05, 0.1) is 22.2 Å². The van der Waals surface area contributed by atoms with Gasteiger partial charge in [0, 0.05) is 28.1 Å². The van der Waals surface area contributed by atoms with Gasteiger partial charge >= 0.3 is 12.4 Å². The number of hydrogen-bond donors (Lipinski definition) is 3. The number of benzene rings is 4. The molecule has 0 saturated heterocycles. The first-order valence-corrected chi connectivity index (χ1v) is 11.9. The van der Waals surface area contributed by atoms with Crippen molar-refractivity contribution >= 4 is 34.2 Å². The maximum atomic E-state index is 12.8. The Morgan fingerprint density at radius 2 is 1.07 bits per heavy atom. The lowest BCUT2D eigenvalue weighted by atomic mass is 10.1. The summed E-state index contributed by atoms with van der Waals surface area (Å²) in [4.78, 5) is 32.5. The number of nitrogens with zero attached hydrogens (tertiary/aromatic N) is 1. The van der Waals surface area contributed by atoms with Gasteiger partial charge in [0.1, 0.15) is 5.82 Å². The van der Waals surface area contributed by atoms with Gasteiger partial charge in [0.2, 0.25) is 0 Å². The maximum absolute atomic E-state index is 12.8. The number of rotatable bonds is 5. The Morgan fingerprint density at radius 3 is 1.56 bits per heavy atom. The number of imidazole rings is 1. The Labute approximate surface area is 228 Å². The first kappa shape index (κ1) is 27.4. The SMILES string of the molecule is O=C(Nc1ccc(-c2nc3ccc(NC(=O)c4ccc(C(F)(F)F)cc4)cc3[nH]2)cc1)c1ccc(C(F)(F)F)cc1. The molecule has 1 heterocycles. The first-order valence-electron chi connectivity index (χ1n) is 11.9. The highest BCUT2D eigenvalue weighted by Crippen LogP contribution is 2.30. The molecule has 0 spiro atoms. The summed E-state index contributed by atoms with van der Waals surface area (Å²) >= 11 is 0. The Bertz CT molecular complexity index is 1720. The lowest BCUT2D eigenvalue weighted by Gasteiger charge is -2.09. The van der Waals surface area contributed by atoms with E-state index in [0.29, 0.717) is 33.8 Å². The molecule has 208 valence electrons. The molecule has 2 amide bonds. The van der Waals surface area contributed by atoms with Crippen LogP contribution in [0.15, 0.2) is 91.0 Å². The third kappa shape index (κ3) is 6.21. The van der Waals surface area contributed by atoms with E-state index in [1.54, 1.807) is 42.5 Å². The van der Waals surface area contributed by atoms with Gasteiger partial charge in [0.25, 0.3) is 11.8 Å². The Balaban J connectivity index is 1.25. The van der Waals surface area contributed by atoms with Crippen LogP contribution in [0.4, 0.5) is 37.7 Å². The monoisotopic (exact) mass is 568 g/mol. The highest BCUT2D eigenvalue weighted by Gasteiger charge is 2.31. The Morgan fingerprint density at radius 1 is 0.610 bits per heavy atom. The summed E-state index contributed by atoms with van der Waals surface area (Å²) < 4.78 is 76.5. The second kappa shape index (κ2) is 10.5. The van der Waals surface area contributed by atoms with Gasteiger partial charge in [-0.3, -0.25) is 9.59 Å². The highest BCUT2D eigenvalue weighted by molar-refractivity contribution is 6.05. The van der Waals surface area contributed by atoms with Crippen LogP contribution in [0.1, 0.15) is 31.8 Å². The summed E-state index contributed by atoms with van der Waals surface area (Å²) in [6.45, 7) is 0. The van der Waals surface area contributed by atoms with Crippen LogP contribution in [0.25, 0.3) is 22.4 Å². The molecule has 0 aliphatic carbocycles. The van der Waals surface area contributed by atoms with Crippen molar-refractivity contribution in [2.24, 2.45) is 0 Å². The number of fused-ring (bicyclic) bond motifs is 1. The molecule has 0 unspecified atom stereocenters. The molecular weight excluding hydrogens is 550 g/mol. The summed E-state index contributed by atoms with van der Waals surface area (Å²) in [6, 6.07) is 19.2. The van der Waals surface area contributed by atoms with Crippen LogP contribution in [0.3, 0.4) is 0 Å². The van der Waals surface area contributed by atoms with Crippen LogP contribution >= 0.6 is 0 Å². The fourth-order valence-corrected chi connectivity index (χ4v) is 3.96. The minimum absolute atomic E-state index is 0.0638. The molecule has 6 nitrogen and oxygen atoms in total. The number of anilines is 2. The maximum Gasteiger partial charge on any atom is 0.416 e. The number of carbonyl (C=O) groups is 2. The molecule has 0 aliphatic heterocycles. The number of hydrogen-bond acceptors (Lipinski definition) is 3. The number of carbonyl (C=O) groups excluding carboxylic acids is 2. The average Bonchev–Trinajstić information content (AvgIpc) is 3.36. The number of amides is 2. The lowest BCUT2D eigenvalue weighted by molar-refractivity contribution is -0.138.